The van der Waals surface area contributed by atoms with Crippen LogP contribution in [0, 0.1) is 11.3 Å². The maximum atomic E-state index is 8.81. The number of nitriles is 1. The van der Waals surface area contributed by atoms with E-state index in [0.717, 1.165) is 18.7 Å². The molecule has 0 aromatic heterocycles. The van der Waals surface area contributed by atoms with Crippen LogP contribution in [0.1, 0.15) is 25.0 Å². The van der Waals surface area contributed by atoms with Gasteiger partial charge in [0.25, 0.3) is 0 Å². The first-order valence-corrected chi connectivity index (χ1v) is 6.10. The molecule has 4 heteroatoms. The van der Waals surface area contributed by atoms with E-state index < -0.39 is 5.79 Å². The van der Waals surface area contributed by atoms with Crippen molar-refractivity contribution in [2.75, 3.05) is 13.2 Å². The molecule has 1 aliphatic heterocycles. The normalized spacial score (nSPS) is 21.7. The molecule has 0 spiro atoms. The Kier molecular flexibility index (Phi) is 3.97. The fraction of sp³-hybridized carbons (Fsp3) is 0.500. The molecule has 0 amide bonds. The fourth-order valence-corrected chi connectivity index (χ4v) is 1.99. The zero-order valence-corrected chi connectivity index (χ0v) is 10.8. The first-order valence-electron chi connectivity index (χ1n) is 6.10. The zero-order valence-electron chi connectivity index (χ0n) is 10.8. The molecule has 1 aromatic rings. The minimum absolute atomic E-state index is 0.0964. The summed E-state index contributed by atoms with van der Waals surface area (Å²) in [5, 5.41) is 12.1. The highest BCUT2D eigenvalue weighted by atomic mass is 16.7. The second kappa shape index (κ2) is 5.49. The van der Waals surface area contributed by atoms with E-state index >= 15 is 0 Å². The van der Waals surface area contributed by atoms with Gasteiger partial charge in [0, 0.05) is 13.1 Å². The van der Waals surface area contributed by atoms with E-state index in [9.17, 15) is 0 Å². The van der Waals surface area contributed by atoms with Crippen molar-refractivity contribution in [3.05, 3.63) is 35.4 Å². The summed E-state index contributed by atoms with van der Waals surface area (Å²) >= 11 is 0. The van der Waals surface area contributed by atoms with Crippen molar-refractivity contribution in [2.45, 2.75) is 32.3 Å². The summed E-state index contributed by atoms with van der Waals surface area (Å²) in [4.78, 5) is 0. The first-order chi connectivity index (χ1) is 8.59. The lowest BCUT2D eigenvalue weighted by molar-refractivity contribution is -0.137. The lowest BCUT2D eigenvalue weighted by Crippen LogP contribution is -2.30. The maximum absolute atomic E-state index is 8.81. The average Bonchev–Trinajstić information content (AvgIpc) is 2.69. The van der Waals surface area contributed by atoms with E-state index in [1.165, 1.54) is 0 Å². The van der Waals surface area contributed by atoms with Gasteiger partial charge in [0.1, 0.15) is 0 Å². The molecule has 1 aliphatic rings. The molecule has 1 saturated heterocycles. The van der Waals surface area contributed by atoms with Crippen molar-refractivity contribution < 1.29 is 9.47 Å². The van der Waals surface area contributed by atoms with Crippen molar-refractivity contribution in [3.8, 4) is 6.07 Å². The molecule has 0 bridgehead atoms. The minimum atomic E-state index is -0.465. The topological polar surface area (TPSA) is 54.3 Å². The fourth-order valence-electron chi connectivity index (χ4n) is 1.99. The van der Waals surface area contributed by atoms with Gasteiger partial charge in [-0.15, -0.1) is 0 Å². The summed E-state index contributed by atoms with van der Waals surface area (Å²) in [6, 6.07) is 9.73. The number of nitrogens with zero attached hydrogens (tertiary/aromatic N) is 1. The molecule has 0 radical (unpaired) electrons. The van der Waals surface area contributed by atoms with Crippen LogP contribution in [0.5, 0.6) is 0 Å². The van der Waals surface area contributed by atoms with Crippen LogP contribution in [-0.2, 0) is 16.0 Å². The van der Waals surface area contributed by atoms with Gasteiger partial charge >= 0.3 is 0 Å². The molecule has 0 aliphatic carbocycles. The highest BCUT2D eigenvalue weighted by Crippen LogP contribution is 2.21. The summed E-state index contributed by atoms with van der Waals surface area (Å²) in [5.74, 6) is -0.465. The van der Waals surface area contributed by atoms with Gasteiger partial charge in [-0.25, -0.2) is 0 Å². The Balaban J connectivity index is 1.77. The molecule has 1 fully saturated rings. The molecule has 2 rings (SSSR count). The van der Waals surface area contributed by atoms with Crippen LogP contribution in [0.25, 0.3) is 0 Å². The lowest BCUT2D eigenvalue weighted by Gasteiger charge is -2.17. The van der Waals surface area contributed by atoms with E-state index in [-0.39, 0.29) is 6.10 Å². The number of hydrogen-bond acceptors (Lipinski definition) is 4. The van der Waals surface area contributed by atoms with Crippen molar-refractivity contribution >= 4 is 0 Å². The summed E-state index contributed by atoms with van der Waals surface area (Å²) in [6.07, 6.45) is 0.0964. The molecule has 1 aromatic carbocycles. The van der Waals surface area contributed by atoms with Gasteiger partial charge in [-0.2, -0.15) is 5.26 Å². The molecule has 18 heavy (non-hydrogen) atoms. The maximum Gasteiger partial charge on any atom is 0.163 e. The number of ether oxygens (including phenoxy) is 2. The molecule has 1 atom stereocenters. The van der Waals surface area contributed by atoms with Crippen molar-refractivity contribution in [1.29, 1.82) is 5.26 Å². The Morgan fingerprint density at radius 2 is 2.33 bits per heavy atom. The standard InChI is InChI=1S/C14H18N2O2/c1-14(2)17-10-13(18-14)9-16-8-12-5-3-4-11(6-12)7-15/h3-6,13,16H,8-10H2,1-2H3. The molecule has 1 heterocycles. The second-order valence-corrected chi connectivity index (χ2v) is 4.89. The predicted octanol–water partition coefficient (Wildman–Crippen LogP) is 1.80. The third-order valence-corrected chi connectivity index (χ3v) is 2.82. The van der Waals surface area contributed by atoms with Gasteiger partial charge in [0.2, 0.25) is 0 Å². The Morgan fingerprint density at radius 1 is 1.50 bits per heavy atom. The van der Waals surface area contributed by atoms with Gasteiger partial charge < -0.3 is 14.8 Å². The van der Waals surface area contributed by atoms with Gasteiger partial charge in [-0.05, 0) is 31.5 Å². The molecule has 0 saturated carbocycles. The quantitative estimate of drug-likeness (QED) is 0.880. The Bertz CT molecular complexity index is 451. The SMILES string of the molecule is CC1(C)OCC(CNCc2cccc(C#N)c2)O1. The first kappa shape index (κ1) is 13.0. The third-order valence-electron chi connectivity index (χ3n) is 2.82. The molecule has 4 nitrogen and oxygen atoms in total. The van der Waals surface area contributed by atoms with Crippen molar-refractivity contribution in [1.82, 2.24) is 5.32 Å². The van der Waals surface area contributed by atoms with E-state index in [1.807, 2.05) is 32.0 Å². The molecular weight excluding hydrogens is 228 g/mol. The van der Waals surface area contributed by atoms with E-state index in [1.54, 1.807) is 6.07 Å². The highest BCUT2D eigenvalue weighted by molar-refractivity contribution is 5.32. The van der Waals surface area contributed by atoms with Crippen LogP contribution in [0.3, 0.4) is 0 Å². The van der Waals surface area contributed by atoms with Gasteiger partial charge in [0.15, 0.2) is 5.79 Å². The Morgan fingerprint density at radius 3 is 3.00 bits per heavy atom. The number of hydrogen-bond donors (Lipinski definition) is 1. The van der Waals surface area contributed by atoms with Crippen LogP contribution < -0.4 is 5.32 Å². The molecule has 96 valence electrons. The largest absolute Gasteiger partial charge is 0.348 e. The van der Waals surface area contributed by atoms with Crippen LogP contribution >= 0.6 is 0 Å². The third kappa shape index (κ3) is 3.54. The molecule has 1 N–H and O–H groups in total. The smallest absolute Gasteiger partial charge is 0.163 e. The Labute approximate surface area is 108 Å². The Hall–Kier alpha value is -1.41. The van der Waals surface area contributed by atoms with Crippen LogP contribution in [0.15, 0.2) is 24.3 Å². The summed E-state index contributed by atoms with van der Waals surface area (Å²) in [6.45, 7) is 5.95. The number of rotatable bonds is 4. The monoisotopic (exact) mass is 246 g/mol. The van der Waals surface area contributed by atoms with Crippen LogP contribution in [-0.4, -0.2) is 25.0 Å². The zero-order chi connectivity index (χ0) is 13.0. The number of nitrogens with one attached hydrogen (secondary N) is 1. The minimum Gasteiger partial charge on any atom is -0.348 e. The van der Waals surface area contributed by atoms with E-state index in [0.29, 0.717) is 12.2 Å². The van der Waals surface area contributed by atoms with Crippen LogP contribution in [0.2, 0.25) is 0 Å². The van der Waals surface area contributed by atoms with Gasteiger partial charge in [-0.1, -0.05) is 12.1 Å². The van der Waals surface area contributed by atoms with Gasteiger partial charge in [-0.3, -0.25) is 0 Å². The van der Waals surface area contributed by atoms with Crippen molar-refractivity contribution in [2.24, 2.45) is 0 Å². The summed E-state index contributed by atoms with van der Waals surface area (Å²) in [7, 11) is 0. The lowest BCUT2D eigenvalue weighted by atomic mass is 10.1. The predicted molar refractivity (Wildman–Crippen MR) is 67.8 cm³/mol. The summed E-state index contributed by atoms with van der Waals surface area (Å²) < 4.78 is 11.2. The van der Waals surface area contributed by atoms with Gasteiger partial charge in [0.05, 0.1) is 24.3 Å². The molecular formula is C14H18N2O2. The van der Waals surface area contributed by atoms with Crippen molar-refractivity contribution in [3.63, 3.8) is 0 Å². The van der Waals surface area contributed by atoms with Crippen LogP contribution in [0.4, 0.5) is 0 Å². The number of benzene rings is 1. The molecule has 1 unspecified atom stereocenters. The second-order valence-electron chi connectivity index (χ2n) is 4.89. The summed E-state index contributed by atoms with van der Waals surface area (Å²) in [5.41, 5.74) is 1.79. The van der Waals surface area contributed by atoms with E-state index in [4.69, 9.17) is 14.7 Å². The van der Waals surface area contributed by atoms with E-state index in [2.05, 4.69) is 11.4 Å². The average molecular weight is 246 g/mol. The highest BCUT2D eigenvalue weighted by Gasteiger charge is 2.32.